The van der Waals surface area contributed by atoms with Gasteiger partial charge in [0, 0.05) is 12.6 Å². The fourth-order valence-corrected chi connectivity index (χ4v) is 3.04. The molecule has 1 amide bonds. The van der Waals surface area contributed by atoms with Crippen LogP contribution in [0, 0.1) is 12.7 Å². The summed E-state index contributed by atoms with van der Waals surface area (Å²) in [7, 11) is 0. The molecule has 116 valence electrons. The van der Waals surface area contributed by atoms with Gasteiger partial charge in [-0.05, 0) is 43.5 Å². The maximum absolute atomic E-state index is 13.5. The van der Waals surface area contributed by atoms with Crippen molar-refractivity contribution < 1.29 is 9.18 Å². The number of nitrogens with zero attached hydrogens (tertiary/aromatic N) is 3. The first-order valence-electron chi connectivity index (χ1n) is 7.33. The van der Waals surface area contributed by atoms with E-state index >= 15 is 0 Å². The van der Waals surface area contributed by atoms with Crippen molar-refractivity contribution >= 4 is 11.7 Å². The predicted octanol–water partition coefficient (Wildman–Crippen LogP) is 2.06. The maximum Gasteiger partial charge on any atom is 0.244 e. The number of aryl methyl sites for hydroxylation is 1. The van der Waals surface area contributed by atoms with Crippen LogP contribution in [-0.4, -0.2) is 27.1 Å². The summed E-state index contributed by atoms with van der Waals surface area (Å²) in [4.78, 5) is 14.3. The van der Waals surface area contributed by atoms with E-state index in [-0.39, 0.29) is 24.3 Å². The number of carbonyl (C=O) groups is 1. The van der Waals surface area contributed by atoms with Gasteiger partial charge in [0.2, 0.25) is 5.91 Å². The second-order valence-electron chi connectivity index (χ2n) is 5.72. The molecule has 1 atom stereocenters. The molecule has 2 aromatic rings. The quantitative estimate of drug-likeness (QED) is 0.923. The molecule has 0 bridgehead atoms. The summed E-state index contributed by atoms with van der Waals surface area (Å²) in [5, 5.41) is 4.21. The fraction of sp³-hybridized carbons (Fsp3) is 0.375. The number of nitrogens with two attached hydrogens (primary N) is 1. The standard InChI is InChI=1S/C16H19FN4O/c1-10-7-15(18)21(19-10)9-16(22)20-6-5-12-3-4-13(17)8-14(12)11(20)2/h3-4,7-8,11H,5-6,9,18H2,1-2H3/t11-/m1/s1. The van der Waals surface area contributed by atoms with Crippen molar-refractivity contribution in [2.45, 2.75) is 32.9 Å². The molecule has 0 unspecified atom stereocenters. The highest BCUT2D eigenvalue weighted by atomic mass is 19.1. The summed E-state index contributed by atoms with van der Waals surface area (Å²) in [6.45, 7) is 4.49. The lowest BCUT2D eigenvalue weighted by atomic mass is 9.93. The number of aromatic nitrogens is 2. The lowest BCUT2D eigenvalue weighted by molar-refractivity contribution is -0.134. The summed E-state index contributed by atoms with van der Waals surface area (Å²) in [5.41, 5.74) is 8.60. The van der Waals surface area contributed by atoms with Gasteiger partial charge < -0.3 is 10.6 Å². The molecule has 0 aliphatic carbocycles. The maximum atomic E-state index is 13.5. The Bertz CT molecular complexity index is 725. The number of nitrogen functional groups attached to an aromatic ring is 1. The number of hydrogen-bond donors (Lipinski definition) is 1. The minimum atomic E-state index is -0.271. The van der Waals surface area contributed by atoms with Crippen molar-refractivity contribution in [2.24, 2.45) is 0 Å². The third-order valence-corrected chi connectivity index (χ3v) is 4.19. The summed E-state index contributed by atoms with van der Waals surface area (Å²) in [6.07, 6.45) is 0.735. The lowest BCUT2D eigenvalue weighted by Crippen LogP contribution is -2.40. The molecule has 0 saturated carbocycles. The number of carbonyl (C=O) groups excluding carboxylic acids is 1. The van der Waals surface area contributed by atoms with Crippen molar-refractivity contribution in [1.29, 1.82) is 0 Å². The van der Waals surface area contributed by atoms with Crippen LogP contribution in [-0.2, 0) is 17.8 Å². The predicted molar refractivity (Wildman–Crippen MR) is 81.6 cm³/mol. The Labute approximate surface area is 128 Å². The number of hydrogen-bond acceptors (Lipinski definition) is 3. The van der Waals surface area contributed by atoms with Crippen molar-refractivity contribution in [3.05, 3.63) is 46.9 Å². The Balaban J connectivity index is 1.81. The van der Waals surface area contributed by atoms with E-state index in [9.17, 15) is 9.18 Å². The van der Waals surface area contributed by atoms with Gasteiger partial charge in [0.1, 0.15) is 18.2 Å². The molecule has 0 fully saturated rings. The zero-order valence-corrected chi connectivity index (χ0v) is 12.7. The monoisotopic (exact) mass is 302 g/mol. The largest absolute Gasteiger partial charge is 0.384 e. The van der Waals surface area contributed by atoms with Crippen molar-refractivity contribution in [3.8, 4) is 0 Å². The smallest absolute Gasteiger partial charge is 0.244 e. The van der Waals surface area contributed by atoms with Crippen LogP contribution in [0.3, 0.4) is 0 Å². The minimum absolute atomic E-state index is 0.0581. The Hall–Kier alpha value is -2.37. The Morgan fingerprint density at radius 2 is 2.23 bits per heavy atom. The molecule has 5 nitrogen and oxygen atoms in total. The fourth-order valence-electron chi connectivity index (χ4n) is 3.04. The molecule has 1 aliphatic heterocycles. The van der Waals surface area contributed by atoms with Crippen LogP contribution >= 0.6 is 0 Å². The molecule has 1 aromatic heterocycles. The SMILES string of the molecule is Cc1cc(N)n(CC(=O)N2CCc3ccc(F)cc3[C@H]2C)n1. The van der Waals surface area contributed by atoms with E-state index in [1.807, 2.05) is 13.8 Å². The van der Waals surface area contributed by atoms with Gasteiger partial charge in [-0.3, -0.25) is 4.79 Å². The highest BCUT2D eigenvalue weighted by Crippen LogP contribution is 2.30. The first-order valence-corrected chi connectivity index (χ1v) is 7.33. The summed E-state index contributed by atoms with van der Waals surface area (Å²) in [5.74, 6) is 0.144. The second-order valence-corrected chi connectivity index (χ2v) is 5.72. The lowest BCUT2D eigenvalue weighted by Gasteiger charge is -2.35. The number of amides is 1. The van der Waals surface area contributed by atoms with Crippen LogP contribution in [0.15, 0.2) is 24.3 Å². The average Bonchev–Trinajstić information content (AvgIpc) is 2.77. The van der Waals surface area contributed by atoms with Gasteiger partial charge in [0.25, 0.3) is 0 Å². The normalized spacial score (nSPS) is 17.4. The molecule has 3 rings (SSSR count). The zero-order valence-electron chi connectivity index (χ0n) is 12.7. The molecule has 2 N–H and O–H groups in total. The van der Waals surface area contributed by atoms with Gasteiger partial charge in [-0.25, -0.2) is 9.07 Å². The molecule has 1 aliphatic rings. The van der Waals surface area contributed by atoms with Crippen molar-refractivity contribution in [1.82, 2.24) is 14.7 Å². The third-order valence-electron chi connectivity index (χ3n) is 4.19. The van der Waals surface area contributed by atoms with E-state index < -0.39 is 0 Å². The summed E-state index contributed by atoms with van der Waals surface area (Å²) >= 11 is 0. The topological polar surface area (TPSA) is 64.2 Å². The number of halogens is 1. The second kappa shape index (κ2) is 5.44. The van der Waals surface area contributed by atoms with Crippen LogP contribution in [0.5, 0.6) is 0 Å². The minimum Gasteiger partial charge on any atom is -0.384 e. The number of rotatable bonds is 2. The van der Waals surface area contributed by atoms with Crippen molar-refractivity contribution in [2.75, 3.05) is 12.3 Å². The highest BCUT2D eigenvalue weighted by Gasteiger charge is 2.28. The van der Waals surface area contributed by atoms with E-state index in [1.54, 1.807) is 17.0 Å². The molecular formula is C16H19FN4O. The molecule has 0 spiro atoms. The molecule has 1 aromatic carbocycles. The van der Waals surface area contributed by atoms with Gasteiger partial charge >= 0.3 is 0 Å². The Morgan fingerprint density at radius 1 is 1.45 bits per heavy atom. The van der Waals surface area contributed by atoms with Gasteiger partial charge in [-0.1, -0.05) is 6.07 Å². The molecule has 2 heterocycles. The highest BCUT2D eigenvalue weighted by molar-refractivity contribution is 5.77. The van der Waals surface area contributed by atoms with Gasteiger partial charge in [0.05, 0.1) is 11.7 Å². The third kappa shape index (κ3) is 2.56. The first-order chi connectivity index (χ1) is 10.5. The summed E-state index contributed by atoms with van der Waals surface area (Å²) < 4.78 is 15.0. The van der Waals surface area contributed by atoms with E-state index in [0.29, 0.717) is 12.4 Å². The number of fused-ring (bicyclic) bond motifs is 1. The zero-order chi connectivity index (χ0) is 15.9. The first kappa shape index (κ1) is 14.6. The van der Waals surface area contributed by atoms with E-state index in [0.717, 1.165) is 23.2 Å². The molecule has 6 heteroatoms. The average molecular weight is 302 g/mol. The van der Waals surface area contributed by atoms with Gasteiger partial charge in [-0.2, -0.15) is 5.10 Å². The van der Waals surface area contributed by atoms with Crippen molar-refractivity contribution in [3.63, 3.8) is 0 Å². The van der Waals surface area contributed by atoms with Crippen LogP contribution in [0.1, 0.15) is 29.8 Å². The Kier molecular flexibility index (Phi) is 3.60. The van der Waals surface area contributed by atoms with E-state index in [2.05, 4.69) is 5.10 Å². The molecule has 22 heavy (non-hydrogen) atoms. The Morgan fingerprint density at radius 3 is 2.91 bits per heavy atom. The number of benzene rings is 1. The van der Waals surface area contributed by atoms with E-state index in [1.165, 1.54) is 16.8 Å². The molecule has 0 saturated heterocycles. The molecule has 0 radical (unpaired) electrons. The molecular weight excluding hydrogens is 283 g/mol. The van der Waals surface area contributed by atoms with Crippen LogP contribution in [0.4, 0.5) is 10.2 Å². The summed E-state index contributed by atoms with van der Waals surface area (Å²) in [6, 6.07) is 6.38. The van der Waals surface area contributed by atoms with Gasteiger partial charge in [0.15, 0.2) is 0 Å². The van der Waals surface area contributed by atoms with E-state index in [4.69, 9.17) is 5.73 Å². The van der Waals surface area contributed by atoms with Gasteiger partial charge in [-0.15, -0.1) is 0 Å². The van der Waals surface area contributed by atoms with Crippen LogP contribution in [0.25, 0.3) is 0 Å². The van der Waals surface area contributed by atoms with Crippen LogP contribution < -0.4 is 5.73 Å². The number of anilines is 1. The van der Waals surface area contributed by atoms with Crippen LogP contribution in [0.2, 0.25) is 0 Å².